The Kier molecular flexibility index (Phi) is 7.46. The summed E-state index contributed by atoms with van der Waals surface area (Å²) < 4.78 is 5.84. The van der Waals surface area contributed by atoms with E-state index in [0.717, 1.165) is 28.1 Å². The number of hydrogen-bond acceptors (Lipinski definition) is 4. The molecule has 0 saturated heterocycles. The number of aromatic nitrogens is 1. The molecule has 0 fully saturated rings. The van der Waals surface area contributed by atoms with Gasteiger partial charge >= 0.3 is 0 Å². The Morgan fingerprint density at radius 1 is 0.969 bits per heavy atom. The Morgan fingerprint density at radius 2 is 1.62 bits per heavy atom. The molecule has 2 aromatic carbocycles. The van der Waals surface area contributed by atoms with Crippen LogP contribution >= 0.6 is 0 Å². The smallest absolute Gasteiger partial charge is 0.161 e. The SMILES string of the molecule is CC#N.CC1=CC=C(C)C1c1cccc(-c2cc(O)c(OCc3ccccc3)cc2C)n1. The molecule has 1 heterocycles. The highest BCUT2D eigenvalue weighted by Gasteiger charge is 2.21. The van der Waals surface area contributed by atoms with Gasteiger partial charge in [-0.15, -0.1) is 0 Å². The number of hydrogen-bond donors (Lipinski definition) is 1. The van der Waals surface area contributed by atoms with Crippen LogP contribution in [-0.2, 0) is 6.61 Å². The predicted molar refractivity (Wildman–Crippen MR) is 128 cm³/mol. The maximum atomic E-state index is 10.5. The van der Waals surface area contributed by atoms with E-state index >= 15 is 0 Å². The van der Waals surface area contributed by atoms with Gasteiger partial charge in [0, 0.05) is 18.4 Å². The second kappa shape index (κ2) is 10.5. The first-order chi connectivity index (χ1) is 15.4. The third-order valence-corrected chi connectivity index (χ3v) is 5.41. The second-order valence-electron chi connectivity index (χ2n) is 7.83. The molecular formula is C28H28N2O2. The van der Waals surface area contributed by atoms with Gasteiger partial charge in [-0.1, -0.05) is 59.7 Å². The van der Waals surface area contributed by atoms with Crippen molar-refractivity contribution >= 4 is 0 Å². The lowest BCUT2D eigenvalue weighted by atomic mass is 9.93. The number of pyridine rings is 1. The molecule has 0 spiro atoms. The third-order valence-electron chi connectivity index (χ3n) is 5.41. The first-order valence-electron chi connectivity index (χ1n) is 10.6. The average molecular weight is 425 g/mol. The molecule has 0 bridgehead atoms. The minimum Gasteiger partial charge on any atom is -0.504 e. The summed E-state index contributed by atoms with van der Waals surface area (Å²) in [6.07, 6.45) is 4.31. The van der Waals surface area contributed by atoms with Crippen LogP contribution in [-0.4, -0.2) is 10.1 Å². The van der Waals surface area contributed by atoms with E-state index < -0.39 is 0 Å². The molecular weight excluding hydrogens is 396 g/mol. The number of aromatic hydroxyl groups is 1. The van der Waals surface area contributed by atoms with Crippen LogP contribution in [0.2, 0.25) is 0 Å². The van der Waals surface area contributed by atoms with Crippen LogP contribution in [0.4, 0.5) is 0 Å². The zero-order valence-corrected chi connectivity index (χ0v) is 19.0. The third kappa shape index (κ3) is 5.25. The Bertz CT molecular complexity index is 1170. The summed E-state index contributed by atoms with van der Waals surface area (Å²) in [6.45, 7) is 8.15. The zero-order valence-electron chi connectivity index (χ0n) is 19.0. The van der Waals surface area contributed by atoms with Crippen LogP contribution in [0, 0.1) is 18.3 Å². The highest BCUT2D eigenvalue weighted by Crippen LogP contribution is 2.38. The van der Waals surface area contributed by atoms with E-state index in [1.54, 1.807) is 12.1 Å². The van der Waals surface area contributed by atoms with Gasteiger partial charge in [0.05, 0.1) is 17.5 Å². The van der Waals surface area contributed by atoms with E-state index in [4.69, 9.17) is 15.0 Å². The number of phenols is 1. The summed E-state index contributed by atoms with van der Waals surface area (Å²) in [5.74, 6) is 0.846. The zero-order chi connectivity index (χ0) is 23.1. The van der Waals surface area contributed by atoms with Gasteiger partial charge in [0.15, 0.2) is 11.5 Å². The van der Waals surface area contributed by atoms with Crippen molar-refractivity contribution in [2.75, 3.05) is 0 Å². The Labute approximate surface area is 190 Å². The molecule has 0 atom stereocenters. The quantitative estimate of drug-likeness (QED) is 0.486. The Morgan fingerprint density at radius 3 is 2.28 bits per heavy atom. The van der Waals surface area contributed by atoms with Crippen molar-refractivity contribution in [3.63, 3.8) is 0 Å². The fraction of sp³-hybridized carbons (Fsp3) is 0.214. The molecule has 4 heteroatoms. The minimum atomic E-state index is 0.127. The molecule has 1 aliphatic carbocycles. The molecule has 0 saturated carbocycles. The van der Waals surface area contributed by atoms with Crippen molar-refractivity contribution < 1.29 is 9.84 Å². The molecule has 1 aromatic heterocycles. The van der Waals surface area contributed by atoms with Crippen LogP contribution in [0.5, 0.6) is 11.5 Å². The van der Waals surface area contributed by atoms with Crippen LogP contribution in [0.3, 0.4) is 0 Å². The van der Waals surface area contributed by atoms with Crippen molar-refractivity contribution in [3.8, 4) is 28.8 Å². The van der Waals surface area contributed by atoms with Gasteiger partial charge in [-0.3, -0.25) is 4.98 Å². The molecule has 0 radical (unpaired) electrons. The highest BCUT2D eigenvalue weighted by molar-refractivity contribution is 5.68. The van der Waals surface area contributed by atoms with Gasteiger partial charge in [0.25, 0.3) is 0 Å². The minimum absolute atomic E-state index is 0.127. The first-order valence-corrected chi connectivity index (χ1v) is 10.6. The van der Waals surface area contributed by atoms with Crippen molar-refractivity contribution in [1.82, 2.24) is 4.98 Å². The van der Waals surface area contributed by atoms with Crippen molar-refractivity contribution in [2.45, 2.75) is 40.2 Å². The molecule has 4 rings (SSSR count). The standard InChI is InChI=1S/C26H25NO2.C2H3N/c1-17-12-13-18(2)26(17)23-11-7-10-22(27-23)21-15-24(28)25(14-19(21)3)29-16-20-8-5-4-6-9-20;1-2-3/h4-15,26,28H,16H2,1-3H3;1H3. The van der Waals surface area contributed by atoms with Gasteiger partial charge < -0.3 is 9.84 Å². The summed E-state index contributed by atoms with van der Waals surface area (Å²) in [6, 6.07) is 21.4. The number of allylic oxidation sites excluding steroid dienone is 4. The molecule has 4 nitrogen and oxygen atoms in total. The maximum absolute atomic E-state index is 10.5. The van der Waals surface area contributed by atoms with E-state index in [1.807, 2.05) is 55.5 Å². The molecule has 32 heavy (non-hydrogen) atoms. The first kappa shape index (κ1) is 22.8. The van der Waals surface area contributed by atoms with E-state index in [2.05, 4.69) is 32.1 Å². The van der Waals surface area contributed by atoms with Crippen LogP contribution < -0.4 is 4.74 Å². The van der Waals surface area contributed by atoms with Gasteiger partial charge in [-0.05, 0) is 56.2 Å². The van der Waals surface area contributed by atoms with Crippen LogP contribution in [0.1, 0.15) is 43.5 Å². The summed E-state index contributed by atoms with van der Waals surface area (Å²) in [5.41, 5.74) is 7.49. The Balaban J connectivity index is 0.000000913. The lowest BCUT2D eigenvalue weighted by Gasteiger charge is -2.16. The van der Waals surface area contributed by atoms with E-state index in [0.29, 0.717) is 12.4 Å². The number of nitrogens with zero attached hydrogens (tertiary/aromatic N) is 2. The fourth-order valence-corrected chi connectivity index (χ4v) is 3.84. The maximum Gasteiger partial charge on any atom is 0.161 e. The largest absolute Gasteiger partial charge is 0.504 e. The number of phenolic OH excluding ortho intramolecular Hbond substituents is 1. The van der Waals surface area contributed by atoms with E-state index in [1.165, 1.54) is 18.1 Å². The van der Waals surface area contributed by atoms with Gasteiger partial charge in [0.2, 0.25) is 0 Å². The van der Waals surface area contributed by atoms with Gasteiger partial charge in [-0.2, -0.15) is 5.26 Å². The molecule has 3 aromatic rings. The van der Waals surface area contributed by atoms with Crippen molar-refractivity contribution in [1.29, 1.82) is 5.26 Å². The molecule has 1 N–H and O–H groups in total. The lowest BCUT2D eigenvalue weighted by Crippen LogP contribution is -2.03. The second-order valence-corrected chi connectivity index (χ2v) is 7.83. The summed E-state index contributed by atoms with van der Waals surface area (Å²) in [5, 5.41) is 17.9. The monoisotopic (exact) mass is 424 g/mol. The summed E-state index contributed by atoms with van der Waals surface area (Å²) in [4.78, 5) is 4.92. The molecule has 0 amide bonds. The van der Waals surface area contributed by atoms with Crippen molar-refractivity contribution in [2.24, 2.45) is 0 Å². The normalized spacial score (nSPS) is 12.8. The fourth-order valence-electron chi connectivity index (χ4n) is 3.84. The average Bonchev–Trinajstić information content (AvgIpc) is 3.13. The summed E-state index contributed by atoms with van der Waals surface area (Å²) in [7, 11) is 0. The number of rotatable bonds is 5. The lowest BCUT2D eigenvalue weighted by molar-refractivity contribution is 0.289. The predicted octanol–water partition coefficient (Wildman–Crippen LogP) is 6.86. The summed E-state index contributed by atoms with van der Waals surface area (Å²) >= 11 is 0. The number of nitriles is 1. The van der Waals surface area contributed by atoms with Crippen LogP contribution in [0.25, 0.3) is 11.3 Å². The number of ether oxygens (including phenoxy) is 1. The molecule has 0 unspecified atom stereocenters. The number of aryl methyl sites for hydroxylation is 1. The molecule has 162 valence electrons. The topological polar surface area (TPSA) is 66.1 Å². The van der Waals surface area contributed by atoms with Crippen LogP contribution in [0.15, 0.2) is 84.0 Å². The number of benzene rings is 2. The van der Waals surface area contributed by atoms with E-state index in [-0.39, 0.29) is 11.7 Å². The Hall–Kier alpha value is -3.84. The van der Waals surface area contributed by atoms with Gasteiger partial charge in [-0.25, -0.2) is 0 Å². The molecule has 0 aliphatic heterocycles. The van der Waals surface area contributed by atoms with E-state index in [9.17, 15) is 5.11 Å². The van der Waals surface area contributed by atoms with Crippen molar-refractivity contribution in [3.05, 3.63) is 101 Å². The van der Waals surface area contributed by atoms with Gasteiger partial charge in [0.1, 0.15) is 6.61 Å². The highest BCUT2D eigenvalue weighted by atomic mass is 16.5. The molecule has 1 aliphatic rings.